The Bertz CT molecular complexity index is 323. The molecule has 84 valence electrons. The minimum atomic E-state index is -0.398. The van der Waals surface area contributed by atoms with Crippen LogP contribution >= 0.6 is 27.7 Å². The predicted molar refractivity (Wildman–Crippen MR) is 70.3 cm³/mol. The van der Waals surface area contributed by atoms with Crippen LogP contribution in [-0.4, -0.2) is 10.9 Å². The van der Waals surface area contributed by atoms with Crippen LogP contribution in [-0.2, 0) is 0 Å². The smallest absolute Gasteiger partial charge is 0.0762 e. The van der Waals surface area contributed by atoms with E-state index in [2.05, 4.69) is 35.8 Å². The maximum absolute atomic E-state index is 9.43. The van der Waals surface area contributed by atoms with Crippen molar-refractivity contribution in [1.82, 2.24) is 0 Å². The predicted octanol–water partition coefficient (Wildman–Crippen LogP) is 4.25. The van der Waals surface area contributed by atoms with Crippen LogP contribution in [0.2, 0.25) is 0 Å². The lowest BCUT2D eigenvalue weighted by atomic mass is 10.1. The molecule has 0 saturated heterocycles. The van der Waals surface area contributed by atoms with Gasteiger partial charge in [-0.1, -0.05) is 19.9 Å². The molecule has 0 aliphatic carbocycles. The van der Waals surface area contributed by atoms with Crippen LogP contribution in [0.25, 0.3) is 0 Å². The second kappa shape index (κ2) is 5.92. The van der Waals surface area contributed by atoms with Crippen LogP contribution < -0.4 is 0 Å². The fourth-order valence-corrected chi connectivity index (χ4v) is 2.76. The van der Waals surface area contributed by atoms with Gasteiger partial charge in [0, 0.05) is 15.1 Å². The topological polar surface area (TPSA) is 20.2 Å². The molecular weight excluding hydrogens is 272 g/mol. The SMILES string of the molecule is CC(C)CSc1ccc([C@H](C)O)cc1Br. The van der Waals surface area contributed by atoms with E-state index in [0.29, 0.717) is 5.92 Å². The molecule has 3 heteroatoms. The van der Waals surface area contributed by atoms with Crippen molar-refractivity contribution >= 4 is 27.7 Å². The lowest BCUT2D eigenvalue weighted by Gasteiger charge is -2.10. The fraction of sp³-hybridized carbons (Fsp3) is 0.500. The Balaban J connectivity index is 2.75. The van der Waals surface area contributed by atoms with Crippen molar-refractivity contribution in [1.29, 1.82) is 0 Å². The van der Waals surface area contributed by atoms with Gasteiger partial charge >= 0.3 is 0 Å². The first kappa shape index (κ1) is 13.1. The number of aliphatic hydroxyl groups excluding tert-OH is 1. The highest BCUT2D eigenvalue weighted by molar-refractivity contribution is 9.10. The number of hydrogen-bond donors (Lipinski definition) is 1. The fourth-order valence-electron chi connectivity index (χ4n) is 1.15. The monoisotopic (exact) mass is 288 g/mol. The van der Waals surface area contributed by atoms with Gasteiger partial charge in [0.15, 0.2) is 0 Å². The third kappa shape index (κ3) is 4.17. The number of halogens is 1. The summed E-state index contributed by atoms with van der Waals surface area (Å²) in [5.74, 6) is 1.81. The Morgan fingerprint density at radius 2 is 2.00 bits per heavy atom. The molecule has 0 saturated carbocycles. The van der Waals surface area contributed by atoms with E-state index in [1.165, 1.54) is 4.90 Å². The van der Waals surface area contributed by atoms with E-state index < -0.39 is 6.10 Å². The zero-order valence-electron chi connectivity index (χ0n) is 9.33. The van der Waals surface area contributed by atoms with Gasteiger partial charge in [-0.05, 0) is 46.5 Å². The molecule has 0 bridgehead atoms. The zero-order valence-corrected chi connectivity index (χ0v) is 11.7. The average molecular weight is 289 g/mol. The van der Waals surface area contributed by atoms with Crippen molar-refractivity contribution in [3.63, 3.8) is 0 Å². The molecule has 0 amide bonds. The van der Waals surface area contributed by atoms with Crippen molar-refractivity contribution in [2.45, 2.75) is 31.8 Å². The summed E-state index contributed by atoms with van der Waals surface area (Å²) in [6.07, 6.45) is -0.398. The van der Waals surface area contributed by atoms with Crippen molar-refractivity contribution in [2.75, 3.05) is 5.75 Å². The molecule has 0 radical (unpaired) electrons. The maximum atomic E-state index is 9.43. The minimum absolute atomic E-state index is 0.398. The van der Waals surface area contributed by atoms with Gasteiger partial charge < -0.3 is 5.11 Å². The zero-order chi connectivity index (χ0) is 11.4. The second-order valence-electron chi connectivity index (χ2n) is 4.07. The van der Waals surface area contributed by atoms with Crippen molar-refractivity contribution < 1.29 is 5.11 Å². The van der Waals surface area contributed by atoms with E-state index in [0.717, 1.165) is 15.8 Å². The van der Waals surface area contributed by atoms with Crippen molar-refractivity contribution in [3.05, 3.63) is 28.2 Å². The van der Waals surface area contributed by atoms with E-state index in [1.807, 2.05) is 23.9 Å². The highest BCUT2D eigenvalue weighted by Crippen LogP contribution is 2.31. The Morgan fingerprint density at radius 1 is 1.33 bits per heavy atom. The summed E-state index contributed by atoms with van der Waals surface area (Å²) >= 11 is 5.38. The van der Waals surface area contributed by atoms with Gasteiger partial charge in [0.05, 0.1) is 6.10 Å². The highest BCUT2D eigenvalue weighted by Gasteiger charge is 2.06. The molecule has 0 aliphatic rings. The molecule has 1 N–H and O–H groups in total. The summed E-state index contributed by atoms with van der Waals surface area (Å²) in [6.45, 7) is 6.21. The van der Waals surface area contributed by atoms with Crippen LogP contribution in [0.3, 0.4) is 0 Å². The molecule has 0 spiro atoms. The largest absolute Gasteiger partial charge is 0.389 e. The summed E-state index contributed by atoms with van der Waals surface area (Å²) < 4.78 is 1.08. The molecule has 1 rings (SSSR count). The standard InChI is InChI=1S/C12H17BrOS/c1-8(2)7-15-12-5-4-10(9(3)14)6-11(12)13/h4-6,8-9,14H,7H2,1-3H3/t9-/m0/s1. The van der Waals surface area contributed by atoms with E-state index >= 15 is 0 Å². The van der Waals surface area contributed by atoms with Crippen molar-refractivity contribution in [3.8, 4) is 0 Å². The Hall–Kier alpha value is 0.01000. The minimum Gasteiger partial charge on any atom is -0.389 e. The molecular formula is C12H17BrOS. The second-order valence-corrected chi connectivity index (χ2v) is 5.99. The Labute approximate surface area is 104 Å². The first-order chi connectivity index (χ1) is 7.00. The molecule has 0 unspecified atom stereocenters. The van der Waals surface area contributed by atoms with Crippen LogP contribution in [0.4, 0.5) is 0 Å². The molecule has 1 atom stereocenters. The van der Waals surface area contributed by atoms with Gasteiger partial charge in [-0.15, -0.1) is 11.8 Å². The van der Waals surface area contributed by atoms with Crippen LogP contribution in [0, 0.1) is 5.92 Å². The van der Waals surface area contributed by atoms with Crippen molar-refractivity contribution in [2.24, 2.45) is 5.92 Å². The molecule has 1 aromatic carbocycles. The summed E-state index contributed by atoms with van der Waals surface area (Å²) in [4.78, 5) is 1.24. The average Bonchev–Trinajstić information content (AvgIpc) is 2.15. The molecule has 1 aromatic rings. The Kier molecular flexibility index (Phi) is 5.16. The molecule has 15 heavy (non-hydrogen) atoms. The van der Waals surface area contributed by atoms with Crippen LogP contribution in [0.5, 0.6) is 0 Å². The molecule has 0 fully saturated rings. The molecule has 1 nitrogen and oxygen atoms in total. The first-order valence-electron chi connectivity index (χ1n) is 5.11. The third-order valence-electron chi connectivity index (χ3n) is 2.01. The van der Waals surface area contributed by atoms with Gasteiger partial charge in [-0.3, -0.25) is 0 Å². The number of rotatable bonds is 4. The quantitative estimate of drug-likeness (QED) is 0.836. The maximum Gasteiger partial charge on any atom is 0.0762 e. The van der Waals surface area contributed by atoms with Gasteiger partial charge in [0.25, 0.3) is 0 Å². The summed E-state index contributed by atoms with van der Waals surface area (Å²) in [5.41, 5.74) is 0.954. The van der Waals surface area contributed by atoms with E-state index in [9.17, 15) is 5.11 Å². The third-order valence-corrected chi connectivity index (χ3v) is 4.43. The Morgan fingerprint density at radius 3 is 2.47 bits per heavy atom. The lowest BCUT2D eigenvalue weighted by Crippen LogP contribution is -1.93. The lowest BCUT2D eigenvalue weighted by molar-refractivity contribution is 0.199. The molecule has 0 aromatic heterocycles. The van der Waals surface area contributed by atoms with E-state index in [4.69, 9.17) is 0 Å². The van der Waals surface area contributed by atoms with Crippen LogP contribution in [0.15, 0.2) is 27.6 Å². The molecule has 0 heterocycles. The normalized spacial score (nSPS) is 13.2. The number of benzene rings is 1. The summed E-state index contributed by atoms with van der Waals surface area (Å²) in [6, 6.07) is 6.05. The summed E-state index contributed by atoms with van der Waals surface area (Å²) in [5, 5.41) is 9.43. The number of aliphatic hydroxyl groups is 1. The summed E-state index contributed by atoms with van der Waals surface area (Å²) in [7, 11) is 0. The van der Waals surface area contributed by atoms with Gasteiger partial charge in [-0.25, -0.2) is 0 Å². The molecule has 0 aliphatic heterocycles. The van der Waals surface area contributed by atoms with Gasteiger partial charge in [0.2, 0.25) is 0 Å². The first-order valence-corrected chi connectivity index (χ1v) is 6.89. The van der Waals surface area contributed by atoms with E-state index in [1.54, 1.807) is 6.92 Å². The van der Waals surface area contributed by atoms with Crippen LogP contribution in [0.1, 0.15) is 32.4 Å². The van der Waals surface area contributed by atoms with Gasteiger partial charge in [0.1, 0.15) is 0 Å². The van der Waals surface area contributed by atoms with Gasteiger partial charge in [-0.2, -0.15) is 0 Å². The van der Waals surface area contributed by atoms with E-state index in [-0.39, 0.29) is 0 Å². The highest BCUT2D eigenvalue weighted by atomic mass is 79.9. The number of hydrogen-bond acceptors (Lipinski definition) is 2. The number of thioether (sulfide) groups is 1.